The number of amides is 3. The average Bonchev–Trinajstić information content (AvgIpc) is 3.15. The maximum absolute atomic E-state index is 12.8. The van der Waals surface area contributed by atoms with Gasteiger partial charge in [-0.2, -0.15) is 0 Å². The van der Waals surface area contributed by atoms with Crippen LogP contribution >= 0.6 is 23.1 Å². The SMILES string of the molecule is CO[C@@]1(NC(=O)Cc2cccs2)C(=O)N2C(C(=O)O)=C(COC(N)=O)CS[C@@H]21.[Na+]. The van der Waals surface area contributed by atoms with E-state index in [9.17, 15) is 24.3 Å². The van der Waals surface area contributed by atoms with Crippen molar-refractivity contribution >= 4 is 47.0 Å². The molecule has 0 unspecified atom stereocenters. The molecule has 3 rings (SSSR count). The molecule has 1 aromatic rings. The van der Waals surface area contributed by atoms with Gasteiger partial charge in [0.05, 0.1) is 6.42 Å². The summed E-state index contributed by atoms with van der Waals surface area (Å²) in [5.74, 6) is -2.31. The Balaban J connectivity index is 0.00000300. The number of thioether (sulfide) groups is 1. The van der Waals surface area contributed by atoms with E-state index in [1.807, 2.05) is 11.4 Å². The summed E-state index contributed by atoms with van der Waals surface area (Å²) >= 11 is 2.60. The fourth-order valence-electron chi connectivity index (χ4n) is 3.04. The molecule has 13 heteroatoms. The van der Waals surface area contributed by atoms with Gasteiger partial charge in [-0.05, 0) is 11.4 Å². The van der Waals surface area contributed by atoms with Crippen molar-refractivity contribution in [2.45, 2.75) is 17.5 Å². The molecule has 3 amide bonds. The molecule has 1 fully saturated rings. The molecule has 0 radical (unpaired) electrons. The number of carbonyl (C=O) groups is 4. The van der Waals surface area contributed by atoms with Crippen LogP contribution in [0, 0.1) is 0 Å². The number of carboxylic acid groups (broad SMARTS) is 1. The number of carboxylic acids is 1. The summed E-state index contributed by atoms with van der Waals surface area (Å²) in [4.78, 5) is 49.6. The van der Waals surface area contributed by atoms with E-state index in [0.29, 0.717) is 0 Å². The summed E-state index contributed by atoms with van der Waals surface area (Å²) in [7, 11) is 1.27. The van der Waals surface area contributed by atoms with Crippen molar-refractivity contribution in [3.8, 4) is 0 Å². The minimum Gasteiger partial charge on any atom is -0.477 e. The summed E-state index contributed by atoms with van der Waals surface area (Å²) in [5, 5.41) is 13.2. The van der Waals surface area contributed by atoms with Crippen molar-refractivity contribution in [3.63, 3.8) is 0 Å². The second kappa shape index (κ2) is 9.49. The molecule has 29 heavy (non-hydrogen) atoms. The van der Waals surface area contributed by atoms with Crippen LogP contribution in [0.15, 0.2) is 28.8 Å². The van der Waals surface area contributed by atoms with E-state index in [-0.39, 0.29) is 59.6 Å². The van der Waals surface area contributed by atoms with E-state index < -0.39 is 35.0 Å². The Hall–Kier alpha value is -1.57. The second-order valence-corrected chi connectivity index (χ2v) is 8.05. The number of hydrogen-bond acceptors (Lipinski definition) is 8. The van der Waals surface area contributed by atoms with Gasteiger partial charge in [-0.25, -0.2) is 9.59 Å². The topological polar surface area (TPSA) is 148 Å². The third-order valence-electron chi connectivity index (χ3n) is 4.26. The maximum atomic E-state index is 12.8. The molecule has 2 aliphatic rings. The third-order valence-corrected chi connectivity index (χ3v) is 6.51. The van der Waals surface area contributed by atoms with E-state index in [1.54, 1.807) is 6.07 Å². The standard InChI is InChI=1S/C16H17N3O7S2.Na/c1-25-16(18-10(20)5-9-3-2-4-27-9)13(23)19-11(12(21)22)8(6-26-15(17)24)7-28-14(16)19;/h2-4,14H,5-7H2,1H3,(H2,17,24)(H,18,20)(H,21,22);/q;+1/t14-,16+;/m1./s1. The number of aliphatic carboxylic acids is 1. The van der Waals surface area contributed by atoms with Crippen molar-refractivity contribution in [3.05, 3.63) is 33.7 Å². The van der Waals surface area contributed by atoms with Gasteiger partial charge in [-0.3, -0.25) is 14.5 Å². The number of rotatable bonds is 7. The Morgan fingerprint density at radius 3 is 2.72 bits per heavy atom. The number of ether oxygens (including phenoxy) is 2. The summed E-state index contributed by atoms with van der Waals surface area (Å²) in [6.07, 6.45) is -0.973. The van der Waals surface area contributed by atoms with E-state index in [0.717, 1.165) is 9.78 Å². The van der Waals surface area contributed by atoms with Crippen molar-refractivity contribution in [1.82, 2.24) is 10.2 Å². The van der Waals surface area contributed by atoms with Gasteiger partial charge in [0.1, 0.15) is 17.7 Å². The van der Waals surface area contributed by atoms with Crippen LogP contribution in [0.4, 0.5) is 4.79 Å². The third kappa shape index (κ3) is 4.47. The van der Waals surface area contributed by atoms with Crippen LogP contribution < -0.4 is 40.6 Å². The quantitative estimate of drug-likeness (QED) is 0.228. The average molecular weight is 450 g/mol. The van der Waals surface area contributed by atoms with Gasteiger partial charge in [-0.15, -0.1) is 23.1 Å². The molecule has 3 heterocycles. The zero-order chi connectivity index (χ0) is 20.5. The molecular formula is C16H17N3NaO7S2+. The minimum absolute atomic E-state index is 0. The van der Waals surface area contributed by atoms with Gasteiger partial charge >= 0.3 is 41.6 Å². The first kappa shape index (κ1) is 23.7. The molecule has 0 saturated carbocycles. The zero-order valence-corrected chi connectivity index (χ0v) is 19.3. The molecule has 10 nitrogen and oxygen atoms in total. The predicted molar refractivity (Wildman–Crippen MR) is 99.2 cm³/mol. The fraction of sp³-hybridized carbons (Fsp3) is 0.375. The van der Waals surface area contributed by atoms with Crippen molar-refractivity contribution in [2.24, 2.45) is 5.73 Å². The summed E-state index contributed by atoms with van der Waals surface area (Å²) in [6.45, 7) is -0.342. The maximum Gasteiger partial charge on any atom is 1.00 e. The Bertz CT molecular complexity index is 861. The molecule has 1 aromatic heterocycles. The normalized spacial score (nSPS) is 22.9. The smallest absolute Gasteiger partial charge is 0.477 e. The molecule has 2 atom stereocenters. The molecule has 2 aliphatic heterocycles. The number of nitrogens with zero attached hydrogens (tertiary/aromatic N) is 1. The van der Waals surface area contributed by atoms with Gasteiger partial charge in [-0.1, -0.05) is 6.07 Å². The summed E-state index contributed by atoms with van der Waals surface area (Å²) < 4.78 is 10.0. The van der Waals surface area contributed by atoms with Crippen LogP contribution in [-0.2, 0) is 30.3 Å². The van der Waals surface area contributed by atoms with E-state index in [1.165, 1.54) is 30.2 Å². The monoisotopic (exact) mass is 450 g/mol. The van der Waals surface area contributed by atoms with E-state index in [2.05, 4.69) is 10.1 Å². The molecule has 0 aliphatic carbocycles. The largest absolute Gasteiger partial charge is 1.00 e. The van der Waals surface area contributed by atoms with Crippen LogP contribution in [0.1, 0.15) is 4.88 Å². The van der Waals surface area contributed by atoms with Gasteiger partial charge in [0.15, 0.2) is 0 Å². The molecule has 0 aromatic carbocycles. The summed E-state index contributed by atoms with van der Waals surface area (Å²) in [5.41, 5.74) is 3.20. The summed E-state index contributed by atoms with van der Waals surface area (Å²) in [6, 6.07) is 3.61. The number of β-lactam (4-membered cyclic amide) rings is 1. The van der Waals surface area contributed by atoms with Gasteiger partial charge in [0, 0.05) is 23.3 Å². The van der Waals surface area contributed by atoms with Crippen LogP contribution in [0.2, 0.25) is 0 Å². The number of hydrogen-bond donors (Lipinski definition) is 3. The Kier molecular flexibility index (Phi) is 7.76. The number of nitrogens with one attached hydrogen (secondary N) is 1. The first-order valence-corrected chi connectivity index (χ1v) is 9.94. The minimum atomic E-state index is -1.66. The first-order valence-electron chi connectivity index (χ1n) is 8.01. The molecule has 150 valence electrons. The molecule has 4 N–H and O–H groups in total. The zero-order valence-electron chi connectivity index (χ0n) is 15.7. The first-order chi connectivity index (χ1) is 13.3. The number of thiophene rings is 1. The Morgan fingerprint density at radius 2 is 2.17 bits per heavy atom. The van der Waals surface area contributed by atoms with Gasteiger partial charge < -0.3 is 25.6 Å². The molecule has 1 saturated heterocycles. The van der Waals surface area contributed by atoms with Crippen LogP contribution in [0.5, 0.6) is 0 Å². The second-order valence-electron chi connectivity index (χ2n) is 5.95. The van der Waals surface area contributed by atoms with Crippen LogP contribution in [0.25, 0.3) is 0 Å². The molecular weight excluding hydrogens is 433 g/mol. The number of nitrogens with two attached hydrogens (primary N) is 1. The number of methoxy groups -OCH3 is 1. The molecule has 0 spiro atoms. The number of carbonyl (C=O) groups excluding carboxylic acids is 3. The van der Waals surface area contributed by atoms with Crippen molar-refractivity contribution in [2.75, 3.05) is 19.5 Å². The van der Waals surface area contributed by atoms with Gasteiger partial charge in [0.2, 0.25) is 5.91 Å². The fourth-order valence-corrected chi connectivity index (χ4v) is 5.16. The van der Waals surface area contributed by atoms with Crippen LogP contribution in [0.3, 0.4) is 0 Å². The van der Waals surface area contributed by atoms with E-state index >= 15 is 0 Å². The molecule has 0 bridgehead atoms. The van der Waals surface area contributed by atoms with Crippen molar-refractivity contribution in [1.29, 1.82) is 0 Å². The Morgan fingerprint density at radius 1 is 1.45 bits per heavy atom. The Labute approximate surface area is 196 Å². The number of fused-ring (bicyclic) bond motifs is 1. The van der Waals surface area contributed by atoms with Crippen molar-refractivity contribution < 1.29 is 63.3 Å². The van der Waals surface area contributed by atoms with E-state index in [4.69, 9.17) is 10.5 Å². The predicted octanol–water partition coefficient (Wildman–Crippen LogP) is -2.90. The number of primary amides is 1. The van der Waals surface area contributed by atoms with Gasteiger partial charge in [0.25, 0.3) is 11.6 Å². The van der Waals surface area contributed by atoms with Crippen LogP contribution in [-0.4, -0.2) is 64.5 Å².